The van der Waals surface area contributed by atoms with Crippen LogP contribution in [0.15, 0.2) is 71.9 Å². The number of aromatic nitrogens is 3. The van der Waals surface area contributed by atoms with Gasteiger partial charge in [-0.2, -0.15) is 0 Å². The Kier molecular flexibility index (Phi) is 7.57. The summed E-state index contributed by atoms with van der Waals surface area (Å²) in [6.45, 7) is 2.03. The van der Waals surface area contributed by atoms with Crippen LogP contribution in [0.2, 0.25) is 0 Å². The monoisotopic (exact) mass is 490 g/mol. The zero-order chi connectivity index (χ0) is 24.8. The lowest BCUT2D eigenvalue weighted by Gasteiger charge is -2.12. The molecular weight excluding hydrogens is 464 g/mol. The first kappa shape index (κ1) is 24.2. The molecule has 1 N–H and O–H groups in total. The third-order valence-corrected chi connectivity index (χ3v) is 6.14. The van der Waals surface area contributed by atoms with Gasteiger partial charge < -0.3 is 19.5 Å². The van der Waals surface area contributed by atoms with Gasteiger partial charge in [-0.25, -0.2) is 0 Å². The van der Waals surface area contributed by atoms with E-state index in [1.807, 2.05) is 54.0 Å². The minimum atomic E-state index is -0.188. The molecule has 35 heavy (non-hydrogen) atoms. The van der Waals surface area contributed by atoms with Crippen molar-refractivity contribution in [2.75, 3.05) is 32.4 Å². The fourth-order valence-electron chi connectivity index (χ4n) is 3.51. The van der Waals surface area contributed by atoms with E-state index >= 15 is 0 Å². The lowest BCUT2D eigenvalue weighted by Crippen LogP contribution is -2.14. The number of methoxy groups -OCH3 is 3. The van der Waals surface area contributed by atoms with Crippen LogP contribution in [0.1, 0.15) is 5.56 Å². The number of hydrogen-bond donors (Lipinski definition) is 1. The highest BCUT2D eigenvalue weighted by molar-refractivity contribution is 7.99. The van der Waals surface area contributed by atoms with Crippen LogP contribution in [-0.2, 0) is 4.79 Å². The first-order valence-corrected chi connectivity index (χ1v) is 11.8. The highest BCUT2D eigenvalue weighted by Crippen LogP contribution is 2.30. The van der Waals surface area contributed by atoms with E-state index in [9.17, 15) is 4.79 Å². The molecule has 4 aromatic rings. The van der Waals surface area contributed by atoms with E-state index < -0.39 is 0 Å². The van der Waals surface area contributed by atoms with Gasteiger partial charge in [0.05, 0.1) is 27.1 Å². The zero-order valence-corrected chi connectivity index (χ0v) is 20.8. The Labute approximate surface area is 208 Å². The normalized spacial score (nSPS) is 10.6. The van der Waals surface area contributed by atoms with Crippen molar-refractivity contribution in [3.63, 3.8) is 0 Å². The highest BCUT2D eigenvalue weighted by atomic mass is 32.2. The van der Waals surface area contributed by atoms with Crippen molar-refractivity contribution in [2.45, 2.75) is 12.1 Å². The number of aryl methyl sites for hydroxylation is 1. The molecule has 0 aliphatic heterocycles. The van der Waals surface area contributed by atoms with Crippen LogP contribution in [0.3, 0.4) is 0 Å². The zero-order valence-electron chi connectivity index (χ0n) is 19.9. The van der Waals surface area contributed by atoms with Gasteiger partial charge in [-0.1, -0.05) is 35.5 Å². The second-order valence-electron chi connectivity index (χ2n) is 7.65. The molecule has 0 saturated heterocycles. The van der Waals surface area contributed by atoms with Gasteiger partial charge in [-0.05, 0) is 37.3 Å². The molecule has 0 saturated carbocycles. The molecule has 180 valence electrons. The van der Waals surface area contributed by atoms with Gasteiger partial charge in [0.15, 0.2) is 11.0 Å². The van der Waals surface area contributed by atoms with E-state index in [1.54, 1.807) is 39.5 Å². The van der Waals surface area contributed by atoms with Crippen LogP contribution in [0.4, 0.5) is 5.69 Å². The first-order valence-electron chi connectivity index (χ1n) is 10.8. The van der Waals surface area contributed by atoms with Crippen molar-refractivity contribution in [3.8, 4) is 34.3 Å². The molecule has 0 unspecified atom stereocenters. The number of carbonyl (C=O) groups is 1. The number of amides is 1. The SMILES string of the molecule is COc1ccc(-n2c(SCC(=O)Nc3cc(OC)cc(OC)c3)nnc2-c2cccc(C)c2)cc1. The van der Waals surface area contributed by atoms with Gasteiger partial charge >= 0.3 is 0 Å². The topological polar surface area (TPSA) is 87.5 Å². The maximum absolute atomic E-state index is 12.8. The third kappa shape index (κ3) is 5.75. The van der Waals surface area contributed by atoms with Crippen LogP contribution < -0.4 is 19.5 Å². The average molecular weight is 491 g/mol. The minimum Gasteiger partial charge on any atom is -0.497 e. The van der Waals surface area contributed by atoms with Gasteiger partial charge in [0.1, 0.15) is 17.2 Å². The molecule has 0 radical (unpaired) electrons. The lowest BCUT2D eigenvalue weighted by molar-refractivity contribution is -0.113. The second-order valence-corrected chi connectivity index (χ2v) is 8.59. The molecule has 0 bridgehead atoms. The quantitative estimate of drug-likeness (QED) is 0.330. The molecule has 0 atom stereocenters. The minimum absolute atomic E-state index is 0.141. The van der Waals surface area contributed by atoms with Gasteiger partial charge in [0.2, 0.25) is 5.91 Å². The number of benzene rings is 3. The molecule has 1 heterocycles. The number of nitrogens with one attached hydrogen (secondary N) is 1. The number of carbonyl (C=O) groups excluding carboxylic acids is 1. The summed E-state index contributed by atoms with van der Waals surface area (Å²) in [6, 6.07) is 20.9. The van der Waals surface area contributed by atoms with E-state index in [1.165, 1.54) is 11.8 Å². The summed E-state index contributed by atoms with van der Waals surface area (Å²) in [5, 5.41) is 12.3. The number of ether oxygens (including phenoxy) is 3. The summed E-state index contributed by atoms with van der Waals surface area (Å²) >= 11 is 1.30. The molecular formula is C26H26N4O4S. The molecule has 0 aliphatic rings. The largest absolute Gasteiger partial charge is 0.497 e. The smallest absolute Gasteiger partial charge is 0.234 e. The summed E-state index contributed by atoms with van der Waals surface area (Å²) in [6.07, 6.45) is 0. The maximum atomic E-state index is 12.8. The van der Waals surface area contributed by atoms with Crippen LogP contribution in [0.5, 0.6) is 17.2 Å². The molecule has 9 heteroatoms. The lowest BCUT2D eigenvalue weighted by atomic mass is 10.1. The standard InChI is InChI=1S/C26H26N4O4S/c1-17-6-5-7-18(12-17)25-28-29-26(30(25)20-8-10-21(32-2)11-9-20)35-16-24(31)27-19-13-22(33-3)15-23(14-19)34-4/h5-15H,16H2,1-4H3,(H,27,31). The van der Waals surface area contributed by atoms with Crippen molar-refractivity contribution in [1.29, 1.82) is 0 Å². The molecule has 1 aromatic heterocycles. The van der Waals surface area contributed by atoms with E-state index in [0.29, 0.717) is 28.2 Å². The van der Waals surface area contributed by atoms with Crippen LogP contribution in [0, 0.1) is 6.92 Å². The van der Waals surface area contributed by atoms with E-state index in [-0.39, 0.29) is 11.7 Å². The van der Waals surface area contributed by atoms with Crippen molar-refractivity contribution in [2.24, 2.45) is 0 Å². The van der Waals surface area contributed by atoms with Gasteiger partial charge in [-0.15, -0.1) is 10.2 Å². The number of rotatable bonds is 9. The Morgan fingerprint density at radius 1 is 0.886 bits per heavy atom. The second kappa shape index (κ2) is 11.0. The summed E-state index contributed by atoms with van der Waals surface area (Å²) in [4.78, 5) is 12.8. The Bertz CT molecular complexity index is 1300. The number of hydrogen-bond acceptors (Lipinski definition) is 7. The van der Waals surface area contributed by atoms with Crippen LogP contribution in [-0.4, -0.2) is 47.8 Å². The molecule has 0 spiro atoms. The summed E-state index contributed by atoms with van der Waals surface area (Å²) in [5.41, 5.74) is 3.51. The summed E-state index contributed by atoms with van der Waals surface area (Å²) in [5.74, 6) is 2.58. The van der Waals surface area contributed by atoms with Crippen molar-refractivity contribution < 1.29 is 19.0 Å². The predicted molar refractivity (Wildman–Crippen MR) is 137 cm³/mol. The van der Waals surface area contributed by atoms with Crippen LogP contribution >= 0.6 is 11.8 Å². The maximum Gasteiger partial charge on any atom is 0.234 e. The molecule has 1 amide bonds. The number of thioether (sulfide) groups is 1. The summed E-state index contributed by atoms with van der Waals surface area (Å²) < 4.78 is 17.8. The van der Waals surface area contributed by atoms with E-state index in [2.05, 4.69) is 21.6 Å². The Balaban J connectivity index is 1.59. The molecule has 3 aromatic carbocycles. The Morgan fingerprint density at radius 3 is 2.20 bits per heavy atom. The number of anilines is 1. The van der Waals surface area contributed by atoms with Gasteiger partial charge in [-0.3, -0.25) is 9.36 Å². The van der Waals surface area contributed by atoms with Gasteiger partial charge in [0.25, 0.3) is 0 Å². The molecule has 4 rings (SSSR count). The number of nitrogens with zero attached hydrogens (tertiary/aromatic N) is 3. The fraction of sp³-hybridized carbons (Fsp3) is 0.192. The predicted octanol–water partition coefficient (Wildman–Crippen LogP) is 5.00. The molecule has 0 fully saturated rings. The van der Waals surface area contributed by atoms with E-state index in [4.69, 9.17) is 14.2 Å². The highest BCUT2D eigenvalue weighted by Gasteiger charge is 2.18. The molecule has 8 nitrogen and oxygen atoms in total. The summed E-state index contributed by atoms with van der Waals surface area (Å²) in [7, 11) is 4.76. The Hall–Kier alpha value is -3.98. The average Bonchev–Trinajstić information content (AvgIpc) is 3.31. The first-order chi connectivity index (χ1) is 17.0. The van der Waals surface area contributed by atoms with Crippen molar-refractivity contribution in [3.05, 3.63) is 72.3 Å². The Morgan fingerprint density at radius 2 is 1.57 bits per heavy atom. The third-order valence-electron chi connectivity index (χ3n) is 5.21. The van der Waals surface area contributed by atoms with Crippen LogP contribution in [0.25, 0.3) is 17.1 Å². The van der Waals surface area contributed by atoms with E-state index in [0.717, 1.165) is 22.6 Å². The van der Waals surface area contributed by atoms with Gasteiger partial charge in [0, 0.05) is 35.1 Å². The van der Waals surface area contributed by atoms with Crippen molar-refractivity contribution in [1.82, 2.24) is 14.8 Å². The van der Waals surface area contributed by atoms with Crippen molar-refractivity contribution >= 4 is 23.4 Å². The molecule has 0 aliphatic carbocycles. The fourth-order valence-corrected chi connectivity index (χ4v) is 4.26.